The summed E-state index contributed by atoms with van der Waals surface area (Å²) in [5.41, 5.74) is 2.52. The summed E-state index contributed by atoms with van der Waals surface area (Å²) in [7, 11) is -3.70. The molecule has 4 aromatic rings. The molecule has 0 spiro atoms. The minimum atomic E-state index is -3.70. The summed E-state index contributed by atoms with van der Waals surface area (Å²) >= 11 is 0. The Labute approximate surface area is 203 Å². The van der Waals surface area contributed by atoms with E-state index in [0.29, 0.717) is 23.4 Å². The van der Waals surface area contributed by atoms with Crippen molar-refractivity contribution >= 4 is 38.1 Å². The van der Waals surface area contributed by atoms with Crippen LogP contribution in [0.1, 0.15) is 30.5 Å². The van der Waals surface area contributed by atoms with Gasteiger partial charge in [-0.3, -0.25) is 9.52 Å². The zero-order valence-corrected chi connectivity index (χ0v) is 19.7. The van der Waals surface area contributed by atoms with E-state index < -0.39 is 16.1 Å². The van der Waals surface area contributed by atoms with Crippen LogP contribution in [-0.4, -0.2) is 30.2 Å². The number of hydrazone groups is 1. The molecule has 1 amide bonds. The van der Waals surface area contributed by atoms with Crippen molar-refractivity contribution in [1.29, 1.82) is 0 Å². The first-order chi connectivity index (χ1) is 16.8. The van der Waals surface area contributed by atoms with Gasteiger partial charge >= 0.3 is 0 Å². The Balaban J connectivity index is 1.43. The van der Waals surface area contributed by atoms with E-state index in [1.165, 1.54) is 24.1 Å². The third-order valence-electron chi connectivity index (χ3n) is 6.04. The van der Waals surface area contributed by atoms with Crippen LogP contribution in [0.15, 0.2) is 101 Å². The van der Waals surface area contributed by atoms with Crippen molar-refractivity contribution < 1.29 is 18.3 Å². The Morgan fingerprint density at radius 1 is 0.943 bits per heavy atom. The van der Waals surface area contributed by atoms with Crippen molar-refractivity contribution in [2.75, 3.05) is 4.72 Å². The van der Waals surface area contributed by atoms with E-state index in [4.69, 9.17) is 0 Å². The topological polar surface area (TPSA) is 99.1 Å². The lowest BCUT2D eigenvalue weighted by atomic mass is 9.93. The molecule has 5 rings (SSSR count). The number of phenolic OH excluding ortho intramolecular Hbond substituents is 1. The molecule has 1 aliphatic heterocycles. The molecule has 4 aromatic carbocycles. The van der Waals surface area contributed by atoms with Crippen LogP contribution >= 0.6 is 0 Å². The fourth-order valence-corrected chi connectivity index (χ4v) is 5.46. The number of benzene rings is 4. The first kappa shape index (κ1) is 22.6. The minimum absolute atomic E-state index is 0.113. The second-order valence-corrected chi connectivity index (χ2v) is 10.0. The number of aromatic hydroxyl groups is 1. The molecule has 176 valence electrons. The number of nitrogens with one attached hydrogen (secondary N) is 1. The van der Waals surface area contributed by atoms with Crippen LogP contribution in [0.2, 0.25) is 0 Å². The quantitative estimate of drug-likeness (QED) is 0.414. The van der Waals surface area contributed by atoms with Crippen molar-refractivity contribution in [3.63, 3.8) is 0 Å². The number of hydrogen-bond acceptors (Lipinski definition) is 5. The van der Waals surface area contributed by atoms with Crippen molar-refractivity contribution in [3.8, 4) is 5.75 Å². The maximum absolute atomic E-state index is 12.6. The summed E-state index contributed by atoms with van der Waals surface area (Å²) in [5, 5.41) is 18.5. The molecule has 7 nitrogen and oxygen atoms in total. The summed E-state index contributed by atoms with van der Waals surface area (Å²) in [6, 6.07) is 25.8. The van der Waals surface area contributed by atoms with Crippen molar-refractivity contribution in [1.82, 2.24) is 5.01 Å². The van der Waals surface area contributed by atoms with Gasteiger partial charge in [-0.25, -0.2) is 13.4 Å². The fraction of sp³-hybridized carbons (Fsp3) is 0.111. The molecule has 0 aliphatic carbocycles. The van der Waals surface area contributed by atoms with Gasteiger partial charge in [0.1, 0.15) is 5.75 Å². The average Bonchev–Trinajstić information content (AvgIpc) is 3.30. The molecule has 35 heavy (non-hydrogen) atoms. The minimum Gasteiger partial charge on any atom is -0.508 e. The van der Waals surface area contributed by atoms with E-state index >= 15 is 0 Å². The van der Waals surface area contributed by atoms with Gasteiger partial charge in [0.15, 0.2) is 0 Å². The lowest BCUT2D eigenvalue weighted by Crippen LogP contribution is -2.24. The number of fused-ring (bicyclic) bond motifs is 1. The Kier molecular flexibility index (Phi) is 5.74. The predicted octanol–water partition coefficient (Wildman–Crippen LogP) is 5.04. The lowest BCUT2D eigenvalue weighted by Gasteiger charge is -2.23. The zero-order valence-electron chi connectivity index (χ0n) is 18.9. The Morgan fingerprint density at radius 2 is 1.63 bits per heavy atom. The van der Waals surface area contributed by atoms with Crippen LogP contribution < -0.4 is 4.72 Å². The largest absolute Gasteiger partial charge is 0.508 e. The van der Waals surface area contributed by atoms with Crippen LogP contribution in [0.25, 0.3) is 10.8 Å². The van der Waals surface area contributed by atoms with E-state index in [1.807, 2.05) is 30.3 Å². The summed E-state index contributed by atoms with van der Waals surface area (Å²) in [6.07, 6.45) is 0.413. The van der Waals surface area contributed by atoms with Gasteiger partial charge in [0.05, 0.1) is 16.6 Å². The predicted molar refractivity (Wildman–Crippen MR) is 136 cm³/mol. The Morgan fingerprint density at radius 3 is 2.34 bits per heavy atom. The van der Waals surface area contributed by atoms with Crippen LogP contribution in [0.4, 0.5) is 5.69 Å². The highest BCUT2D eigenvalue weighted by atomic mass is 32.2. The van der Waals surface area contributed by atoms with Crippen LogP contribution in [0.5, 0.6) is 5.75 Å². The lowest BCUT2D eigenvalue weighted by molar-refractivity contribution is -0.130. The summed E-state index contributed by atoms with van der Waals surface area (Å²) < 4.78 is 27.8. The van der Waals surface area contributed by atoms with Crippen LogP contribution in [0.3, 0.4) is 0 Å². The van der Waals surface area contributed by atoms with Gasteiger partial charge in [0.25, 0.3) is 10.0 Å². The highest BCUT2D eigenvalue weighted by Crippen LogP contribution is 2.41. The van der Waals surface area contributed by atoms with Gasteiger partial charge in [-0.2, -0.15) is 5.10 Å². The van der Waals surface area contributed by atoms with E-state index in [2.05, 4.69) is 9.82 Å². The number of anilines is 1. The SMILES string of the molecule is CC(=O)N1N=C(c2ccc(NS(=O)(=O)c3ccccc3)cc2)CC1c1c(O)ccc2ccccc12. The van der Waals surface area contributed by atoms with Gasteiger partial charge in [0.2, 0.25) is 5.91 Å². The summed E-state index contributed by atoms with van der Waals surface area (Å²) in [5.74, 6) is -0.119. The number of hydrogen-bond donors (Lipinski definition) is 2. The van der Waals surface area contributed by atoms with Crippen LogP contribution in [-0.2, 0) is 14.8 Å². The zero-order chi connectivity index (χ0) is 24.6. The van der Waals surface area contributed by atoms with Gasteiger partial charge < -0.3 is 5.11 Å². The molecular weight excluding hydrogens is 462 g/mol. The normalized spacial score (nSPS) is 15.7. The number of phenols is 1. The van der Waals surface area contributed by atoms with Crippen molar-refractivity contribution in [2.24, 2.45) is 5.10 Å². The highest BCUT2D eigenvalue weighted by Gasteiger charge is 2.34. The average molecular weight is 486 g/mol. The number of nitrogens with zero attached hydrogens (tertiary/aromatic N) is 2. The van der Waals surface area contributed by atoms with Gasteiger partial charge in [0, 0.05) is 24.6 Å². The number of rotatable bonds is 5. The molecule has 1 atom stereocenters. The number of carbonyl (C=O) groups is 1. The number of sulfonamides is 1. The van der Waals surface area contributed by atoms with E-state index in [0.717, 1.165) is 16.3 Å². The highest BCUT2D eigenvalue weighted by molar-refractivity contribution is 7.92. The standard InChI is InChI=1S/C27H23N3O4S/c1-18(31)30-25(27-23-10-6-5-7-19(23)13-16-26(27)32)17-24(28-30)20-11-14-21(15-12-20)29-35(33,34)22-8-3-2-4-9-22/h2-16,25,29,32H,17H2,1H3. The maximum atomic E-state index is 12.6. The molecule has 0 saturated carbocycles. The van der Waals surface area contributed by atoms with Gasteiger partial charge in [-0.1, -0.05) is 60.7 Å². The first-order valence-corrected chi connectivity index (χ1v) is 12.6. The van der Waals surface area contributed by atoms with E-state index in [-0.39, 0.29) is 16.6 Å². The van der Waals surface area contributed by atoms with E-state index in [1.54, 1.807) is 48.5 Å². The first-order valence-electron chi connectivity index (χ1n) is 11.1. The van der Waals surface area contributed by atoms with Gasteiger partial charge in [-0.05, 0) is 46.7 Å². The molecule has 0 bridgehead atoms. The Hall–Kier alpha value is -4.17. The van der Waals surface area contributed by atoms with E-state index in [9.17, 15) is 18.3 Å². The monoisotopic (exact) mass is 485 g/mol. The third-order valence-corrected chi connectivity index (χ3v) is 7.43. The molecule has 0 fully saturated rings. The summed E-state index contributed by atoms with van der Waals surface area (Å²) in [4.78, 5) is 12.6. The molecule has 0 aromatic heterocycles. The van der Waals surface area contributed by atoms with Crippen LogP contribution in [0, 0.1) is 0 Å². The summed E-state index contributed by atoms with van der Waals surface area (Å²) in [6.45, 7) is 1.45. The molecule has 2 N–H and O–H groups in total. The molecule has 1 heterocycles. The number of amides is 1. The second-order valence-electron chi connectivity index (χ2n) is 8.35. The molecular formula is C27H23N3O4S. The van der Waals surface area contributed by atoms with Crippen molar-refractivity contribution in [3.05, 3.63) is 102 Å². The molecule has 0 saturated heterocycles. The molecule has 0 radical (unpaired) electrons. The molecule has 1 unspecified atom stereocenters. The maximum Gasteiger partial charge on any atom is 0.261 e. The Bertz CT molecular complexity index is 1550. The van der Waals surface area contributed by atoms with Crippen molar-refractivity contribution in [2.45, 2.75) is 24.3 Å². The molecule has 8 heteroatoms. The number of carbonyl (C=O) groups excluding carboxylic acids is 1. The fourth-order valence-electron chi connectivity index (χ4n) is 4.38. The molecule has 1 aliphatic rings. The smallest absolute Gasteiger partial charge is 0.261 e. The third kappa shape index (κ3) is 4.36. The van der Waals surface area contributed by atoms with Gasteiger partial charge in [-0.15, -0.1) is 0 Å². The second kappa shape index (κ2) is 8.88.